The van der Waals surface area contributed by atoms with E-state index in [0.29, 0.717) is 25.3 Å². The lowest BCUT2D eigenvalue weighted by Gasteiger charge is -2.35. The Hall–Kier alpha value is -0.650. The molecule has 3 saturated heterocycles. The van der Waals surface area contributed by atoms with E-state index in [4.69, 9.17) is 4.74 Å². The monoisotopic (exact) mass is 267 g/mol. The van der Waals surface area contributed by atoms with E-state index in [0.717, 1.165) is 26.2 Å². The Bertz CT molecular complexity index is 331. The van der Waals surface area contributed by atoms with Crippen molar-refractivity contribution < 1.29 is 9.53 Å². The fourth-order valence-corrected chi connectivity index (χ4v) is 3.53. The molecule has 5 heteroatoms. The fourth-order valence-electron chi connectivity index (χ4n) is 3.53. The molecule has 3 fully saturated rings. The molecular formula is C14H25N3O2. The summed E-state index contributed by atoms with van der Waals surface area (Å²) < 4.78 is 5.32. The first kappa shape index (κ1) is 13.3. The fraction of sp³-hybridized carbons (Fsp3) is 0.929. The second-order valence-electron chi connectivity index (χ2n) is 6.04. The molecule has 0 aromatic carbocycles. The van der Waals surface area contributed by atoms with Gasteiger partial charge in [-0.2, -0.15) is 0 Å². The zero-order chi connectivity index (χ0) is 13.2. The Morgan fingerprint density at radius 2 is 1.89 bits per heavy atom. The van der Waals surface area contributed by atoms with Gasteiger partial charge < -0.3 is 15.0 Å². The Labute approximate surface area is 115 Å². The van der Waals surface area contributed by atoms with E-state index in [1.807, 2.05) is 4.90 Å². The third kappa shape index (κ3) is 2.93. The highest BCUT2D eigenvalue weighted by molar-refractivity contribution is 5.81. The number of amides is 1. The summed E-state index contributed by atoms with van der Waals surface area (Å²) in [7, 11) is 0. The molecule has 3 unspecified atom stereocenters. The van der Waals surface area contributed by atoms with Gasteiger partial charge in [0.2, 0.25) is 5.91 Å². The van der Waals surface area contributed by atoms with Gasteiger partial charge in [0.05, 0.1) is 19.3 Å². The lowest BCUT2D eigenvalue weighted by molar-refractivity contribution is -0.140. The largest absolute Gasteiger partial charge is 0.378 e. The van der Waals surface area contributed by atoms with Crippen LogP contribution in [0.3, 0.4) is 0 Å². The molecule has 5 nitrogen and oxygen atoms in total. The van der Waals surface area contributed by atoms with Gasteiger partial charge in [-0.3, -0.25) is 9.69 Å². The minimum atomic E-state index is 0.0132. The highest BCUT2D eigenvalue weighted by Gasteiger charge is 2.34. The average Bonchev–Trinajstić information content (AvgIpc) is 2.78. The van der Waals surface area contributed by atoms with Gasteiger partial charge in [0, 0.05) is 38.3 Å². The number of carbonyl (C=O) groups excluding carboxylic acids is 1. The van der Waals surface area contributed by atoms with Crippen LogP contribution in [0.5, 0.6) is 0 Å². The normalized spacial score (nSPS) is 34.1. The van der Waals surface area contributed by atoms with Crippen LogP contribution in [0.4, 0.5) is 0 Å². The molecule has 0 aromatic heterocycles. The number of rotatable bonds is 2. The average molecular weight is 267 g/mol. The van der Waals surface area contributed by atoms with E-state index in [2.05, 4.69) is 17.1 Å². The smallest absolute Gasteiger partial charge is 0.239 e. The van der Waals surface area contributed by atoms with E-state index in [1.165, 1.54) is 19.3 Å². The van der Waals surface area contributed by atoms with Crippen LogP contribution in [0.1, 0.15) is 26.2 Å². The summed E-state index contributed by atoms with van der Waals surface area (Å²) >= 11 is 0. The van der Waals surface area contributed by atoms with Gasteiger partial charge >= 0.3 is 0 Å². The Balaban J connectivity index is 1.59. The van der Waals surface area contributed by atoms with E-state index >= 15 is 0 Å². The minimum absolute atomic E-state index is 0.0132. The standard InChI is InChI=1S/C14H25N3O2/c1-11(14(18)16-6-8-19-9-7-16)17-5-4-12-2-3-13(10-17)15-12/h11-13,15H,2-10H2,1H3. The molecule has 108 valence electrons. The highest BCUT2D eigenvalue weighted by Crippen LogP contribution is 2.22. The van der Waals surface area contributed by atoms with Gasteiger partial charge in [0.15, 0.2) is 0 Å². The molecular weight excluding hydrogens is 242 g/mol. The Morgan fingerprint density at radius 1 is 1.16 bits per heavy atom. The number of hydrogen-bond donors (Lipinski definition) is 1. The number of fused-ring (bicyclic) bond motifs is 2. The summed E-state index contributed by atoms with van der Waals surface area (Å²) in [5.41, 5.74) is 0. The molecule has 1 N–H and O–H groups in total. The summed E-state index contributed by atoms with van der Waals surface area (Å²) in [5.74, 6) is 0.279. The second-order valence-corrected chi connectivity index (χ2v) is 6.04. The number of nitrogens with zero attached hydrogens (tertiary/aromatic N) is 2. The van der Waals surface area contributed by atoms with Crippen molar-refractivity contribution in [3.63, 3.8) is 0 Å². The molecule has 3 aliphatic heterocycles. The van der Waals surface area contributed by atoms with E-state index < -0.39 is 0 Å². The number of hydrogen-bond acceptors (Lipinski definition) is 4. The molecule has 3 rings (SSSR count). The minimum Gasteiger partial charge on any atom is -0.378 e. The summed E-state index contributed by atoms with van der Waals surface area (Å²) in [6.07, 6.45) is 3.75. The molecule has 3 atom stereocenters. The van der Waals surface area contributed by atoms with Crippen molar-refractivity contribution in [1.29, 1.82) is 0 Å². The van der Waals surface area contributed by atoms with Crippen LogP contribution >= 0.6 is 0 Å². The topological polar surface area (TPSA) is 44.8 Å². The van der Waals surface area contributed by atoms with Gasteiger partial charge in [-0.1, -0.05) is 0 Å². The third-order valence-electron chi connectivity index (χ3n) is 4.78. The SMILES string of the molecule is CC(C(=O)N1CCOCC1)N1CCC2CCC(C1)N2. The van der Waals surface area contributed by atoms with Crippen LogP contribution in [-0.4, -0.2) is 73.2 Å². The van der Waals surface area contributed by atoms with Crippen LogP contribution in [0.25, 0.3) is 0 Å². The van der Waals surface area contributed by atoms with Crippen LogP contribution < -0.4 is 5.32 Å². The molecule has 3 heterocycles. The molecule has 0 aromatic rings. The summed E-state index contributed by atoms with van der Waals surface area (Å²) in [4.78, 5) is 16.9. The van der Waals surface area contributed by atoms with Crippen molar-refractivity contribution in [3.8, 4) is 0 Å². The van der Waals surface area contributed by atoms with Gasteiger partial charge in [-0.05, 0) is 26.2 Å². The van der Waals surface area contributed by atoms with Crippen molar-refractivity contribution in [2.24, 2.45) is 0 Å². The zero-order valence-electron chi connectivity index (χ0n) is 11.8. The number of carbonyl (C=O) groups is 1. The lowest BCUT2D eigenvalue weighted by Crippen LogP contribution is -2.52. The Morgan fingerprint density at radius 3 is 2.68 bits per heavy atom. The first-order valence-corrected chi connectivity index (χ1v) is 7.60. The molecule has 2 bridgehead atoms. The molecule has 1 amide bonds. The predicted molar refractivity (Wildman–Crippen MR) is 73.0 cm³/mol. The van der Waals surface area contributed by atoms with Crippen LogP contribution in [0.15, 0.2) is 0 Å². The van der Waals surface area contributed by atoms with Gasteiger partial charge in [-0.25, -0.2) is 0 Å². The maximum atomic E-state index is 12.5. The van der Waals surface area contributed by atoms with Crippen LogP contribution in [0.2, 0.25) is 0 Å². The van der Waals surface area contributed by atoms with Crippen molar-refractivity contribution in [2.75, 3.05) is 39.4 Å². The number of morpholine rings is 1. The third-order valence-corrected chi connectivity index (χ3v) is 4.78. The van der Waals surface area contributed by atoms with Crippen molar-refractivity contribution in [2.45, 2.75) is 44.3 Å². The molecule has 0 spiro atoms. The second kappa shape index (κ2) is 5.77. The Kier molecular flexibility index (Phi) is 4.05. The predicted octanol–water partition coefficient (Wildman–Crippen LogP) is 0.0600. The van der Waals surface area contributed by atoms with Gasteiger partial charge in [0.25, 0.3) is 0 Å². The number of ether oxygens (including phenoxy) is 1. The molecule has 19 heavy (non-hydrogen) atoms. The van der Waals surface area contributed by atoms with Crippen LogP contribution in [0, 0.1) is 0 Å². The van der Waals surface area contributed by atoms with E-state index in [-0.39, 0.29) is 11.9 Å². The van der Waals surface area contributed by atoms with Crippen molar-refractivity contribution in [3.05, 3.63) is 0 Å². The van der Waals surface area contributed by atoms with E-state index in [1.54, 1.807) is 0 Å². The van der Waals surface area contributed by atoms with E-state index in [9.17, 15) is 4.79 Å². The van der Waals surface area contributed by atoms with Crippen LogP contribution in [-0.2, 0) is 9.53 Å². The van der Waals surface area contributed by atoms with Gasteiger partial charge in [0.1, 0.15) is 0 Å². The summed E-state index contributed by atoms with van der Waals surface area (Å²) in [6.45, 7) is 7.01. The molecule has 0 aliphatic carbocycles. The molecule has 0 radical (unpaired) electrons. The summed E-state index contributed by atoms with van der Waals surface area (Å²) in [5, 5.41) is 3.67. The molecule has 3 aliphatic rings. The van der Waals surface area contributed by atoms with Crippen molar-refractivity contribution >= 4 is 5.91 Å². The maximum absolute atomic E-state index is 12.5. The number of nitrogens with one attached hydrogen (secondary N) is 1. The lowest BCUT2D eigenvalue weighted by atomic mass is 10.1. The van der Waals surface area contributed by atoms with Gasteiger partial charge in [-0.15, -0.1) is 0 Å². The summed E-state index contributed by atoms with van der Waals surface area (Å²) in [6, 6.07) is 1.28. The number of likely N-dealkylation sites (tertiary alicyclic amines) is 1. The first-order valence-electron chi connectivity index (χ1n) is 7.60. The quantitative estimate of drug-likeness (QED) is 0.768. The highest BCUT2D eigenvalue weighted by atomic mass is 16.5. The zero-order valence-corrected chi connectivity index (χ0v) is 11.8. The maximum Gasteiger partial charge on any atom is 0.239 e. The van der Waals surface area contributed by atoms with Crippen molar-refractivity contribution in [1.82, 2.24) is 15.1 Å². The first-order chi connectivity index (χ1) is 9.24. The molecule has 0 saturated carbocycles.